The van der Waals surface area contributed by atoms with Crippen molar-refractivity contribution in [3.05, 3.63) is 54.1 Å². The molecule has 2 fully saturated rings. The van der Waals surface area contributed by atoms with E-state index in [1.807, 2.05) is 30.6 Å². The molecule has 0 N–H and O–H groups in total. The Morgan fingerprint density at radius 1 is 1.12 bits per heavy atom. The van der Waals surface area contributed by atoms with Gasteiger partial charge in [0.1, 0.15) is 5.69 Å². The van der Waals surface area contributed by atoms with Crippen molar-refractivity contribution in [3.8, 4) is 0 Å². The minimum Gasteiger partial charge on any atom is -0.337 e. The molecule has 0 bridgehead atoms. The van der Waals surface area contributed by atoms with E-state index in [4.69, 9.17) is 0 Å². The van der Waals surface area contributed by atoms with Crippen LogP contribution in [0.25, 0.3) is 0 Å². The van der Waals surface area contributed by atoms with Crippen molar-refractivity contribution in [3.63, 3.8) is 0 Å². The first-order valence-corrected chi connectivity index (χ1v) is 8.88. The molecular weight excluding hydrogens is 300 g/mol. The maximum atomic E-state index is 12.9. The van der Waals surface area contributed by atoms with Gasteiger partial charge in [-0.05, 0) is 42.5 Å². The molecule has 1 saturated carbocycles. The highest BCUT2D eigenvalue weighted by Gasteiger charge is 2.46. The molecule has 2 aromatic rings. The van der Waals surface area contributed by atoms with Gasteiger partial charge in [0, 0.05) is 44.8 Å². The third kappa shape index (κ3) is 2.35. The van der Waals surface area contributed by atoms with Gasteiger partial charge in [0.25, 0.3) is 5.91 Å². The van der Waals surface area contributed by atoms with Gasteiger partial charge in [-0.15, -0.1) is 0 Å². The van der Waals surface area contributed by atoms with E-state index in [2.05, 4.69) is 31.6 Å². The molecule has 1 amide bonds. The molecule has 2 atom stereocenters. The first-order chi connectivity index (χ1) is 11.8. The smallest absolute Gasteiger partial charge is 0.270 e. The van der Waals surface area contributed by atoms with E-state index in [-0.39, 0.29) is 5.91 Å². The second-order valence-corrected chi connectivity index (χ2v) is 7.39. The zero-order chi connectivity index (χ0) is 16.1. The number of carbonyl (C=O) groups excluding carboxylic acids is 1. The number of fused-ring (bicyclic) bond motifs is 3. The molecule has 124 valence electrons. The van der Waals surface area contributed by atoms with Crippen molar-refractivity contribution in [1.82, 2.24) is 19.4 Å². The molecular formula is C19H22N4O. The van der Waals surface area contributed by atoms with Crippen LogP contribution in [0.5, 0.6) is 0 Å². The summed E-state index contributed by atoms with van der Waals surface area (Å²) in [5.41, 5.74) is 2.10. The minimum absolute atomic E-state index is 0.219. The fourth-order valence-electron chi connectivity index (χ4n) is 4.26. The van der Waals surface area contributed by atoms with Crippen LogP contribution in [0.2, 0.25) is 0 Å². The number of rotatable bonds is 4. The van der Waals surface area contributed by atoms with Gasteiger partial charge in [-0.3, -0.25) is 14.7 Å². The number of hydrogen-bond donors (Lipinski definition) is 0. The van der Waals surface area contributed by atoms with Gasteiger partial charge in [-0.2, -0.15) is 0 Å². The standard InChI is InChI=1S/C19H22N4O/c24-19-16-4-2-8-22(16)17-12-21(10-15-3-1-7-20-9-15)13-18(17)23(19)11-14-5-6-14/h1-4,7-9,14,17-18H,5-6,10-13H2/t17-,18+/m1/s1. The predicted molar refractivity (Wildman–Crippen MR) is 90.5 cm³/mol. The van der Waals surface area contributed by atoms with Crippen molar-refractivity contribution in [2.24, 2.45) is 5.92 Å². The second kappa shape index (κ2) is 5.45. The molecule has 3 aliphatic rings. The Bertz CT molecular complexity index is 752. The third-order valence-electron chi connectivity index (χ3n) is 5.63. The average Bonchev–Trinajstić information content (AvgIpc) is 3.11. The Labute approximate surface area is 141 Å². The van der Waals surface area contributed by atoms with Crippen LogP contribution in [0.1, 0.15) is 34.9 Å². The summed E-state index contributed by atoms with van der Waals surface area (Å²) in [6.07, 6.45) is 8.39. The Morgan fingerprint density at radius 2 is 2.00 bits per heavy atom. The molecule has 0 unspecified atom stereocenters. The zero-order valence-electron chi connectivity index (χ0n) is 13.7. The molecule has 2 aliphatic heterocycles. The summed E-state index contributed by atoms with van der Waals surface area (Å²) >= 11 is 0. The van der Waals surface area contributed by atoms with Crippen LogP contribution < -0.4 is 0 Å². The summed E-state index contributed by atoms with van der Waals surface area (Å²) in [7, 11) is 0. The van der Waals surface area contributed by atoms with E-state index < -0.39 is 0 Å². The van der Waals surface area contributed by atoms with E-state index in [0.29, 0.717) is 12.1 Å². The van der Waals surface area contributed by atoms with Crippen LogP contribution in [-0.4, -0.2) is 50.9 Å². The monoisotopic (exact) mass is 322 g/mol. The lowest BCUT2D eigenvalue weighted by Gasteiger charge is -2.38. The van der Waals surface area contributed by atoms with Crippen LogP contribution in [0, 0.1) is 5.92 Å². The second-order valence-electron chi connectivity index (χ2n) is 7.39. The lowest BCUT2D eigenvalue weighted by molar-refractivity contribution is 0.0565. The number of nitrogens with zero attached hydrogens (tertiary/aromatic N) is 4. The highest BCUT2D eigenvalue weighted by Crippen LogP contribution is 2.38. The molecule has 0 aromatic carbocycles. The Kier molecular flexibility index (Phi) is 3.23. The third-order valence-corrected chi connectivity index (χ3v) is 5.63. The number of aromatic nitrogens is 2. The number of carbonyl (C=O) groups is 1. The Hall–Kier alpha value is -2.14. The Morgan fingerprint density at radius 3 is 2.79 bits per heavy atom. The normalized spacial score (nSPS) is 26.5. The first-order valence-electron chi connectivity index (χ1n) is 8.88. The molecule has 0 spiro atoms. The molecule has 0 radical (unpaired) electrons. The van der Waals surface area contributed by atoms with Gasteiger partial charge in [-0.1, -0.05) is 6.07 Å². The average molecular weight is 322 g/mol. The predicted octanol–water partition coefficient (Wildman–Crippen LogP) is 2.17. The van der Waals surface area contributed by atoms with Crippen molar-refractivity contribution < 1.29 is 4.79 Å². The van der Waals surface area contributed by atoms with Crippen LogP contribution >= 0.6 is 0 Å². The molecule has 4 heterocycles. The number of amides is 1. The maximum Gasteiger partial charge on any atom is 0.270 e. The van der Waals surface area contributed by atoms with Gasteiger partial charge in [0.2, 0.25) is 0 Å². The van der Waals surface area contributed by atoms with Crippen molar-refractivity contribution >= 4 is 5.91 Å². The van der Waals surface area contributed by atoms with E-state index in [1.165, 1.54) is 18.4 Å². The van der Waals surface area contributed by atoms with Crippen molar-refractivity contribution in [2.75, 3.05) is 19.6 Å². The first kappa shape index (κ1) is 14.2. The largest absolute Gasteiger partial charge is 0.337 e. The SMILES string of the molecule is O=C1c2cccn2[C@@H]2CN(Cc3cccnc3)C[C@@H]2N1CC1CC1. The van der Waals surface area contributed by atoms with E-state index in [0.717, 1.165) is 37.8 Å². The van der Waals surface area contributed by atoms with E-state index >= 15 is 0 Å². The highest BCUT2D eigenvalue weighted by atomic mass is 16.2. The molecule has 2 aromatic heterocycles. The fourth-order valence-corrected chi connectivity index (χ4v) is 4.26. The molecule has 5 heteroatoms. The summed E-state index contributed by atoms with van der Waals surface area (Å²) in [6.45, 7) is 3.79. The van der Waals surface area contributed by atoms with Crippen molar-refractivity contribution in [1.29, 1.82) is 0 Å². The van der Waals surface area contributed by atoms with Gasteiger partial charge in [0.05, 0.1) is 12.1 Å². The van der Waals surface area contributed by atoms with Crippen LogP contribution in [0.3, 0.4) is 0 Å². The molecule has 5 rings (SSSR count). The number of hydrogen-bond acceptors (Lipinski definition) is 3. The lowest BCUT2D eigenvalue weighted by atomic mass is 10.1. The fraction of sp³-hybridized carbons (Fsp3) is 0.474. The molecule has 1 aliphatic carbocycles. The summed E-state index contributed by atoms with van der Waals surface area (Å²) in [5, 5.41) is 0. The Balaban J connectivity index is 1.42. The highest BCUT2D eigenvalue weighted by molar-refractivity contribution is 5.94. The topological polar surface area (TPSA) is 41.4 Å². The van der Waals surface area contributed by atoms with E-state index in [1.54, 1.807) is 0 Å². The lowest BCUT2D eigenvalue weighted by Crippen LogP contribution is -2.51. The van der Waals surface area contributed by atoms with Crippen molar-refractivity contribution in [2.45, 2.75) is 31.5 Å². The number of pyridine rings is 1. The van der Waals surface area contributed by atoms with Crippen LogP contribution in [0.15, 0.2) is 42.9 Å². The summed E-state index contributed by atoms with van der Waals surface area (Å²) < 4.78 is 2.21. The van der Waals surface area contributed by atoms with Gasteiger partial charge in [-0.25, -0.2) is 0 Å². The van der Waals surface area contributed by atoms with Crippen LogP contribution in [0.4, 0.5) is 0 Å². The maximum absolute atomic E-state index is 12.9. The molecule has 24 heavy (non-hydrogen) atoms. The van der Waals surface area contributed by atoms with Gasteiger partial charge in [0.15, 0.2) is 0 Å². The molecule has 1 saturated heterocycles. The summed E-state index contributed by atoms with van der Waals surface area (Å²) in [4.78, 5) is 21.8. The van der Waals surface area contributed by atoms with E-state index in [9.17, 15) is 4.79 Å². The van der Waals surface area contributed by atoms with Gasteiger partial charge < -0.3 is 9.47 Å². The van der Waals surface area contributed by atoms with Crippen LogP contribution in [-0.2, 0) is 6.54 Å². The summed E-state index contributed by atoms with van der Waals surface area (Å²) in [5.74, 6) is 0.944. The minimum atomic E-state index is 0.219. The van der Waals surface area contributed by atoms with Gasteiger partial charge >= 0.3 is 0 Å². The zero-order valence-corrected chi connectivity index (χ0v) is 13.7. The molecule has 5 nitrogen and oxygen atoms in total. The quantitative estimate of drug-likeness (QED) is 0.866. The summed E-state index contributed by atoms with van der Waals surface area (Å²) in [6, 6.07) is 8.78. The number of likely N-dealkylation sites (tertiary alicyclic amines) is 1.